The zero-order valence-corrected chi connectivity index (χ0v) is 6.40. The molecule has 0 saturated heterocycles. The van der Waals surface area contributed by atoms with Crippen LogP contribution in [0.15, 0.2) is 11.6 Å². The molecule has 0 amide bonds. The highest BCUT2D eigenvalue weighted by Crippen LogP contribution is 2.07. The van der Waals surface area contributed by atoms with Gasteiger partial charge < -0.3 is 11.1 Å². The van der Waals surface area contributed by atoms with E-state index in [1.165, 1.54) is 18.4 Å². The minimum atomic E-state index is 0.817. The van der Waals surface area contributed by atoms with E-state index in [9.17, 15) is 0 Å². The van der Waals surface area contributed by atoms with Crippen molar-refractivity contribution >= 4 is 0 Å². The lowest BCUT2D eigenvalue weighted by Gasteiger charge is -2.13. The van der Waals surface area contributed by atoms with Crippen LogP contribution in [0.2, 0.25) is 0 Å². The molecular formula is C8H16N2. The molecule has 1 aliphatic rings. The lowest BCUT2D eigenvalue weighted by molar-refractivity contribution is 0.666. The van der Waals surface area contributed by atoms with Gasteiger partial charge in [-0.25, -0.2) is 0 Å². The molecule has 0 spiro atoms. The molecule has 0 aromatic rings. The van der Waals surface area contributed by atoms with Crippen molar-refractivity contribution in [1.29, 1.82) is 0 Å². The van der Waals surface area contributed by atoms with Crippen molar-refractivity contribution in [2.45, 2.75) is 19.3 Å². The minimum absolute atomic E-state index is 0.817. The van der Waals surface area contributed by atoms with Crippen LogP contribution in [0.3, 0.4) is 0 Å². The molecule has 0 aromatic heterocycles. The van der Waals surface area contributed by atoms with Gasteiger partial charge in [0.15, 0.2) is 0 Å². The molecule has 1 rings (SSSR count). The monoisotopic (exact) mass is 140 g/mol. The normalized spacial score (nSPS) is 18.7. The first-order valence-electron chi connectivity index (χ1n) is 4.02. The first kappa shape index (κ1) is 7.76. The molecule has 0 aromatic carbocycles. The van der Waals surface area contributed by atoms with Crippen LogP contribution in [0.25, 0.3) is 0 Å². The Hall–Kier alpha value is -0.340. The van der Waals surface area contributed by atoms with Crippen molar-refractivity contribution in [3.63, 3.8) is 0 Å². The van der Waals surface area contributed by atoms with E-state index in [-0.39, 0.29) is 0 Å². The van der Waals surface area contributed by atoms with Crippen molar-refractivity contribution in [2.75, 3.05) is 19.6 Å². The Kier molecular flexibility index (Phi) is 3.47. The first-order chi connectivity index (χ1) is 4.93. The topological polar surface area (TPSA) is 38.0 Å². The molecule has 0 unspecified atom stereocenters. The third kappa shape index (κ3) is 2.50. The van der Waals surface area contributed by atoms with Gasteiger partial charge in [0.05, 0.1) is 0 Å². The average molecular weight is 140 g/mol. The Morgan fingerprint density at radius 2 is 2.50 bits per heavy atom. The lowest BCUT2D eigenvalue weighted by Crippen LogP contribution is -2.22. The third-order valence-corrected chi connectivity index (χ3v) is 1.81. The fraction of sp³-hybridized carbons (Fsp3) is 0.750. The quantitative estimate of drug-likeness (QED) is 0.565. The molecular weight excluding hydrogens is 124 g/mol. The molecule has 0 bridgehead atoms. The van der Waals surface area contributed by atoms with Gasteiger partial charge in [-0.1, -0.05) is 11.6 Å². The molecule has 3 N–H and O–H groups in total. The molecule has 58 valence electrons. The van der Waals surface area contributed by atoms with Crippen LogP contribution in [-0.2, 0) is 0 Å². The highest BCUT2D eigenvalue weighted by atomic mass is 14.9. The van der Waals surface area contributed by atoms with Crippen LogP contribution < -0.4 is 11.1 Å². The maximum Gasteiger partial charge on any atom is 0.0164 e. The molecule has 2 heteroatoms. The molecule has 0 aliphatic carbocycles. The third-order valence-electron chi connectivity index (χ3n) is 1.81. The highest BCUT2D eigenvalue weighted by molar-refractivity contribution is 5.07. The van der Waals surface area contributed by atoms with Crippen molar-refractivity contribution in [1.82, 2.24) is 5.32 Å². The summed E-state index contributed by atoms with van der Waals surface area (Å²) in [5.41, 5.74) is 6.94. The maximum absolute atomic E-state index is 5.40. The highest BCUT2D eigenvalue weighted by Gasteiger charge is 2.00. The number of hydrogen-bond acceptors (Lipinski definition) is 2. The summed E-state index contributed by atoms with van der Waals surface area (Å²) in [5, 5.41) is 3.33. The number of rotatable bonds is 3. The van der Waals surface area contributed by atoms with E-state index in [0.717, 1.165) is 26.1 Å². The summed E-state index contributed by atoms with van der Waals surface area (Å²) in [6.07, 6.45) is 5.85. The van der Waals surface area contributed by atoms with Gasteiger partial charge in [-0.3, -0.25) is 0 Å². The van der Waals surface area contributed by atoms with Crippen molar-refractivity contribution in [3.05, 3.63) is 11.6 Å². The fourth-order valence-electron chi connectivity index (χ4n) is 1.22. The smallest absolute Gasteiger partial charge is 0.0164 e. The number of hydrogen-bond donors (Lipinski definition) is 2. The van der Waals surface area contributed by atoms with Crippen molar-refractivity contribution < 1.29 is 0 Å². The van der Waals surface area contributed by atoms with Crippen LogP contribution in [0, 0.1) is 0 Å². The van der Waals surface area contributed by atoms with Gasteiger partial charge in [-0.05, 0) is 32.4 Å². The van der Waals surface area contributed by atoms with Gasteiger partial charge in [0, 0.05) is 6.54 Å². The first-order valence-corrected chi connectivity index (χ1v) is 4.02. The predicted octanol–water partition coefficient (Wildman–Crippen LogP) is 0.645. The van der Waals surface area contributed by atoms with Crippen molar-refractivity contribution in [3.8, 4) is 0 Å². The summed E-state index contributed by atoms with van der Waals surface area (Å²) in [6.45, 7) is 3.05. The van der Waals surface area contributed by atoms with Crippen LogP contribution in [0.1, 0.15) is 19.3 Å². The van der Waals surface area contributed by atoms with Gasteiger partial charge in [0.1, 0.15) is 0 Å². The SMILES string of the molecule is NCCCC1=CCCNC1. The number of nitrogens with two attached hydrogens (primary N) is 1. The Bertz CT molecular complexity index is 118. The zero-order chi connectivity index (χ0) is 7.23. The molecule has 2 nitrogen and oxygen atoms in total. The molecule has 0 atom stereocenters. The Balaban J connectivity index is 2.18. The summed E-state index contributed by atoms with van der Waals surface area (Å²) in [6, 6.07) is 0. The summed E-state index contributed by atoms with van der Waals surface area (Å²) < 4.78 is 0. The fourth-order valence-corrected chi connectivity index (χ4v) is 1.22. The van der Waals surface area contributed by atoms with Gasteiger partial charge >= 0.3 is 0 Å². The Morgan fingerprint density at radius 3 is 3.10 bits per heavy atom. The van der Waals surface area contributed by atoms with Gasteiger partial charge in [-0.2, -0.15) is 0 Å². The summed E-state index contributed by atoms with van der Waals surface area (Å²) in [5.74, 6) is 0. The second-order valence-electron chi connectivity index (χ2n) is 2.72. The summed E-state index contributed by atoms with van der Waals surface area (Å²) >= 11 is 0. The largest absolute Gasteiger partial charge is 0.330 e. The molecule has 0 radical (unpaired) electrons. The van der Waals surface area contributed by atoms with Crippen LogP contribution >= 0.6 is 0 Å². The summed E-state index contributed by atoms with van der Waals surface area (Å²) in [7, 11) is 0. The molecule has 0 fully saturated rings. The average Bonchev–Trinajstić information content (AvgIpc) is 2.03. The van der Waals surface area contributed by atoms with Gasteiger partial charge in [0.2, 0.25) is 0 Å². The van der Waals surface area contributed by atoms with E-state index in [1.54, 1.807) is 0 Å². The second kappa shape index (κ2) is 4.47. The molecule has 10 heavy (non-hydrogen) atoms. The molecule has 1 aliphatic heterocycles. The standard InChI is InChI=1S/C8H16N2/c9-5-1-3-8-4-2-6-10-7-8/h4,10H,1-3,5-7,9H2. The van der Waals surface area contributed by atoms with E-state index in [4.69, 9.17) is 5.73 Å². The van der Waals surface area contributed by atoms with Crippen molar-refractivity contribution in [2.24, 2.45) is 5.73 Å². The minimum Gasteiger partial charge on any atom is -0.330 e. The molecule has 0 saturated carbocycles. The number of nitrogens with one attached hydrogen (secondary N) is 1. The predicted molar refractivity (Wildman–Crippen MR) is 43.9 cm³/mol. The summed E-state index contributed by atoms with van der Waals surface area (Å²) in [4.78, 5) is 0. The van der Waals surface area contributed by atoms with E-state index in [1.807, 2.05) is 0 Å². The maximum atomic E-state index is 5.40. The zero-order valence-electron chi connectivity index (χ0n) is 6.40. The Morgan fingerprint density at radius 1 is 1.60 bits per heavy atom. The van der Waals surface area contributed by atoms with Gasteiger partial charge in [0.25, 0.3) is 0 Å². The van der Waals surface area contributed by atoms with E-state index < -0.39 is 0 Å². The van der Waals surface area contributed by atoms with Crippen LogP contribution in [0.5, 0.6) is 0 Å². The second-order valence-corrected chi connectivity index (χ2v) is 2.72. The van der Waals surface area contributed by atoms with E-state index in [0.29, 0.717) is 0 Å². The van der Waals surface area contributed by atoms with Gasteiger partial charge in [-0.15, -0.1) is 0 Å². The van der Waals surface area contributed by atoms with Crippen LogP contribution in [0.4, 0.5) is 0 Å². The van der Waals surface area contributed by atoms with E-state index in [2.05, 4.69) is 11.4 Å². The van der Waals surface area contributed by atoms with Crippen LogP contribution in [-0.4, -0.2) is 19.6 Å². The van der Waals surface area contributed by atoms with E-state index >= 15 is 0 Å². The molecule has 1 heterocycles. The lowest BCUT2D eigenvalue weighted by atomic mass is 10.1. The Labute approximate surface area is 62.5 Å².